The summed E-state index contributed by atoms with van der Waals surface area (Å²) in [5.41, 5.74) is 8.31. The lowest BCUT2D eigenvalue weighted by molar-refractivity contribution is 0.204. The van der Waals surface area contributed by atoms with E-state index in [0.717, 1.165) is 25.9 Å². The average Bonchev–Trinajstić information content (AvgIpc) is 2.67. The second-order valence-electron chi connectivity index (χ2n) is 7.74. The zero-order valence-electron chi connectivity index (χ0n) is 16.3. The number of nitrogens with zero attached hydrogens (tertiary/aromatic N) is 3. The average molecular weight is 427 g/mol. The third-order valence-corrected chi connectivity index (χ3v) is 6.72. The van der Waals surface area contributed by atoms with Gasteiger partial charge in [-0.25, -0.2) is 14.4 Å². The molecule has 0 aliphatic carbocycles. The van der Waals surface area contributed by atoms with Gasteiger partial charge in [0.05, 0.1) is 28.0 Å². The lowest BCUT2D eigenvalue weighted by Gasteiger charge is -2.42. The summed E-state index contributed by atoms with van der Waals surface area (Å²) < 4.78 is 13.6. The molecule has 0 amide bonds. The number of aromatic nitrogens is 2. The molecule has 1 unspecified atom stereocenters. The molecule has 2 aromatic rings. The number of nitrogens with two attached hydrogens (primary N) is 1. The minimum absolute atomic E-state index is 0.0846. The van der Waals surface area contributed by atoms with Gasteiger partial charge in [0.2, 0.25) is 0 Å². The van der Waals surface area contributed by atoms with Crippen LogP contribution in [0, 0.1) is 18.2 Å². The van der Waals surface area contributed by atoms with E-state index in [4.69, 9.17) is 33.9 Å². The van der Waals surface area contributed by atoms with Crippen molar-refractivity contribution < 1.29 is 9.50 Å². The molecule has 2 heterocycles. The number of piperidine rings is 1. The van der Waals surface area contributed by atoms with Crippen LogP contribution in [0.1, 0.15) is 38.1 Å². The van der Waals surface area contributed by atoms with E-state index in [1.165, 1.54) is 12.1 Å². The minimum Gasteiger partial charge on any atom is -0.390 e. The molecule has 28 heavy (non-hydrogen) atoms. The Morgan fingerprint density at radius 2 is 1.89 bits per heavy atom. The molecule has 1 aromatic heterocycles. The van der Waals surface area contributed by atoms with Gasteiger partial charge in [0, 0.05) is 24.7 Å². The number of benzene rings is 1. The van der Waals surface area contributed by atoms with E-state index >= 15 is 0 Å². The summed E-state index contributed by atoms with van der Waals surface area (Å²) in [5, 5.41) is 9.83. The monoisotopic (exact) mass is 426 g/mol. The Labute approximate surface area is 174 Å². The topological polar surface area (TPSA) is 75.3 Å². The fraction of sp³-hybridized carbons (Fsp3) is 0.500. The summed E-state index contributed by atoms with van der Waals surface area (Å²) in [4.78, 5) is 11.4. The van der Waals surface area contributed by atoms with Gasteiger partial charge in [0.25, 0.3) is 0 Å². The van der Waals surface area contributed by atoms with Crippen LogP contribution in [0.25, 0.3) is 11.3 Å². The SMILES string of the molecule is Cc1nc(N2CCC(C)(C(C)N)CC2)c(CO)nc1-c1ccc(F)c(Cl)c1Cl. The van der Waals surface area contributed by atoms with Gasteiger partial charge in [-0.1, -0.05) is 30.1 Å². The number of aliphatic hydroxyl groups excluding tert-OH is 1. The molecule has 0 saturated carbocycles. The van der Waals surface area contributed by atoms with E-state index in [1.54, 1.807) is 0 Å². The lowest BCUT2D eigenvalue weighted by atomic mass is 9.75. The summed E-state index contributed by atoms with van der Waals surface area (Å²) in [6, 6.07) is 2.89. The zero-order chi connectivity index (χ0) is 20.6. The Morgan fingerprint density at radius 1 is 1.25 bits per heavy atom. The van der Waals surface area contributed by atoms with Crippen molar-refractivity contribution in [2.24, 2.45) is 11.1 Å². The molecule has 3 rings (SSSR count). The van der Waals surface area contributed by atoms with Gasteiger partial charge in [0.1, 0.15) is 11.5 Å². The Hall–Kier alpha value is -1.47. The Bertz CT molecular complexity index is 883. The third-order valence-electron chi connectivity index (χ3n) is 5.87. The van der Waals surface area contributed by atoms with Crippen molar-refractivity contribution in [1.82, 2.24) is 9.97 Å². The highest BCUT2D eigenvalue weighted by Crippen LogP contribution is 2.38. The fourth-order valence-corrected chi connectivity index (χ4v) is 3.96. The van der Waals surface area contributed by atoms with E-state index in [9.17, 15) is 9.50 Å². The number of hydrogen-bond donors (Lipinski definition) is 2. The Kier molecular flexibility index (Phi) is 6.15. The largest absolute Gasteiger partial charge is 0.390 e. The molecular formula is C20H25Cl2FN4O. The quantitative estimate of drug-likeness (QED) is 0.710. The molecule has 152 valence electrons. The van der Waals surface area contributed by atoms with Crippen LogP contribution in [-0.2, 0) is 6.61 Å². The van der Waals surface area contributed by atoms with Crippen molar-refractivity contribution in [2.45, 2.75) is 46.3 Å². The van der Waals surface area contributed by atoms with Crippen LogP contribution < -0.4 is 10.6 Å². The van der Waals surface area contributed by atoms with Crippen molar-refractivity contribution in [3.63, 3.8) is 0 Å². The van der Waals surface area contributed by atoms with Gasteiger partial charge in [-0.2, -0.15) is 0 Å². The van der Waals surface area contributed by atoms with E-state index in [-0.39, 0.29) is 28.1 Å². The number of aliphatic hydroxyl groups is 1. The molecule has 1 aliphatic heterocycles. The first-order valence-electron chi connectivity index (χ1n) is 9.30. The Balaban J connectivity index is 1.97. The van der Waals surface area contributed by atoms with Crippen LogP contribution in [-0.4, -0.2) is 34.2 Å². The molecule has 0 radical (unpaired) electrons. The van der Waals surface area contributed by atoms with Crippen LogP contribution in [0.2, 0.25) is 10.0 Å². The fourth-order valence-electron chi connectivity index (χ4n) is 3.55. The number of anilines is 1. The van der Waals surface area contributed by atoms with Crippen LogP contribution in [0.15, 0.2) is 12.1 Å². The Morgan fingerprint density at radius 3 is 2.46 bits per heavy atom. The first-order valence-corrected chi connectivity index (χ1v) is 10.1. The van der Waals surface area contributed by atoms with Gasteiger partial charge in [-0.05, 0) is 44.2 Å². The normalized spacial score (nSPS) is 17.6. The third kappa shape index (κ3) is 3.83. The second kappa shape index (κ2) is 8.11. The molecule has 5 nitrogen and oxygen atoms in total. The molecule has 1 aromatic carbocycles. The molecule has 1 aliphatic rings. The van der Waals surface area contributed by atoms with Crippen molar-refractivity contribution in [1.29, 1.82) is 0 Å². The van der Waals surface area contributed by atoms with Gasteiger partial charge in [-0.15, -0.1) is 0 Å². The van der Waals surface area contributed by atoms with Gasteiger partial charge in [-0.3, -0.25) is 0 Å². The zero-order valence-corrected chi connectivity index (χ0v) is 17.8. The maximum atomic E-state index is 13.6. The molecule has 1 fully saturated rings. The number of rotatable bonds is 4. The van der Waals surface area contributed by atoms with E-state index in [0.29, 0.717) is 28.5 Å². The van der Waals surface area contributed by atoms with Gasteiger partial charge < -0.3 is 15.7 Å². The highest BCUT2D eigenvalue weighted by Gasteiger charge is 2.34. The molecule has 3 N–H and O–H groups in total. The highest BCUT2D eigenvalue weighted by atomic mass is 35.5. The van der Waals surface area contributed by atoms with Gasteiger partial charge in [0.15, 0.2) is 5.82 Å². The summed E-state index contributed by atoms with van der Waals surface area (Å²) in [6.45, 7) is 7.40. The highest BCUT2D eigenvalue weighted by molar-refractivity contribution is 6.43. The van der Waals surface area contributed by atoms with Crippen LogP contribution in [0.3, 0.4) is 0 Å². The van der Waals surface area contributed by atoms with Crippen molar-refractivity contribution in [3.8, 4) is 11.3 Å². The smallest absolute Gasteiger partial charge is 0.153 e. The van der Waals surface area contributed by atoms with E-state index < -0.39 is 5.82 Å². The number of halogens is 3. The molecule has 0 bridgehead atoms. The first kappa shape index (κ1) is 21.2. The number of hydrogen-bond acceptors (Lipinski definition) is 5. The van der Waals surface area contributed by atoms with Crippen LogP contribution in [0.4, 0.5) is 10.2 Å². The maximum absolute atomic E-state index is 13.6. The second-order valence-corrected chi connectivity index (χ2v) is 8.49. The van der Waals surface area contributed by atoms with E-state index in [1.807, 2.05) is 13.8 Å². The van der Waals surface area contributed by atoms with E-state index in [2.05, 4.69) is 16.8 Å². The van der Waals surface area contributed by atoms with Crippen LogP contribution in [0.5, 0.6) is 0 Å². The predicted octanol–water partition coefficient (Wildman–Crippen LogP) is 4.34. The summed E-state index contributed by atoms with van der Waals surface area (Å²) in [6.07, 6.45) is 1.88. The van der Waals surface area contributed by atoms with Gasteiger partial charge >= 0.3 is 0 Å². The van der Waals surface area contributed by atoms with Crippen molar-refractivity contribution >= 4 is 29.0 Å². The van der Waals surface area contributed by atoms with Crippen LogP contribution >= 0.6 is 23.2 Å². The molecule has 1 saturated heterocycles. The minimum atomic E-state index is -0.592. The number of aryl methyl sites for hydroxylation is 1. The maximum Gasteiger partial charge on any atom is 0.153 e. The first-order chi connectivity index (χ1) is 13.2. The molecule has 1 atom stereocenters. The molecule has 0 spiro atoms. The lowest BCUT2D eigenvalue weighted by Crippen LogP contribution is -2.47. The predicted molar refractivity (Wildman–Crippen MR) is 111 cm³/mol. The summed E-state index contributed by atoms with van der Waals surface area (Å²) in [7, 11) is 0. The standard InChI is InChI=1S/C20H25Cl2FN4O/c1-11-18(13-4-5-14(23)17(22)16(13)21)26-15(10-28)19(25-11)27-8-6-20(3,7-9-27)12(2)24/h4-5,12,28H,6-10,24H2,1-3H3. The molecular weight excluding hydrogens is 402 g/mol. The summed E-state index contributed by atoms with van der Waals surface area (Å²) in [5.74, 6) is 0.0744. The summed E-state index contributed by atoms with van der Waals surface area (Å²) >= 11 is 12.2. The van der Waals surface area contributed by atoms with Crippen molar-refractivity contribution in [3.05, 3.63) is 39.4 Å². The van der Waals surface area contributed by atoms with Crippen molar-refractivity contribution in [2.75, 3.05) is 18.0 Å². The molecule has 8 heteroatoms.